The molecule has 2 aliphatic heterocycles. The maximum Gasteiger partial charge on any atom is 0.254 e. The van der Waals surface area contributed by atoms with Gasteiger partial charge >= 0.3 is 0 Å². The van der Waals surface area contributed by atoms with Gasteiger partial charge in [-0.3, -0.25) is 4.79 Å². The van der Waals surface area contributed by atoms with Gasteiger partial charge in [-0.05, 0) is 41.1 Å². The molecule has 2 aliphatic rings. The van der Waals surface area contributed by atoms with Crippen LogP contribution in [0.1, 0.15) is 10.4 Å². The maximum absolute atomic E-state index is 13.1. The second-order valence-electron chi connectivity index (χ2n) is 7.27. The fourth-order valence-electron chi connectivity index (χ4n) is 3.82. The molecule has 0 bridgehead atoms. The van der Waals surface area contributed by atoms with E-state index in [4.69, 9.17) is 9.47 Å². The third kappa shape index (κ3) is 3.28. The number of carbonyl (C=O) groups excluding carboxylic acids is 1. The second-order valence-corrected chi connectivity index (χ2v) is 9.21. The summed E-state index contributed by atoms with van der Waals surface area (Å²) in [7, 11) is -3.62. The number of benzene rings is 3. The molecule has 0 spiro atoms. The van der Waals surface area contributed by atoms with Crippen molar-refractivity contribution in [3.8, 4) is 11.5 Å². The minimum atomic E-state index is -3.62. The van der Waals surface area contributed by atoms with Crippen LogP contribution in [0.2, 0.25) is 0 Å². The molecule has 1 amide bonds. The number of ether oxygens (including phenoxy) is 2. The largest absolute Gasteiger partial charge is 0.454 e. The minimum Gasteiger partial charge on any atom is -0.454 e. The predicted octanol–water partition coefficient (Wildman–Crippen LogP) is 2.72. The van der Waals surface area contributed by atoms with E-state index in [9.17, 15) is 13.2 Å². The molecule has 3 aromatic rings. The van der Waals surface area contributed by atoms with Gasteiger partial charge in [-0.2, -0.15) is 4.31 Å². The molecule has 0 saturated carbocycles. The summed E-state index contributed by atoms with van der Waals surface area (Å²) >= 11 is 0. The molecule has 1 fully saturated rings. The lowest BCUT2D eigenvalue weighted by Crippen LogP contribution is -2.50. The average Bonchev–Trinajstić information content (AvgIpc) is 3.26. The zero-order chi connectivity index (χ0) is 20.7. The highest BCUT2D eigenvalue weighted by molar-refractivity contribution is 7.89. The SMILES string of the molecule is O=C(c1ccc2c(c1)OCO2)N1CCN(S(=O)(=O)c2ccc3ccccc3c2)CC1. The second kappa shape index (κ2) is 7.30. The summed E-state index contributed by atoms with van der Waals surface area (Å²) in [5.41, 5.74) is 0.505. The fraction of sp³-hybridized carbons (Fsp3) is 0.227. The highest BCUT2D eigenvalue weighted by Crippen LogP contribution is 2.33. The van der Waals surface area contributed by atoms with Crippen molar-refractivity contribution in [1.82, 2.24) is 9.21 Å². The molecule has 30 heavy (non-hydrogen) atoms. The van der Waals surface area contributed by atoms with E-state index < -0.39 is 10.0 Å². The van der Waals surface area contributed by atoms with Gasteiger partial charge in [0.2, 0.25) is 16.8 Å². The number of hydrogen-bond acceptors (Lipinski definition) is 5. The van der Waals surface area contributed by atoms with E-state index in [0.29, 0.717) is 30.2 Å². The molecule has 0 radical (unpaired) electrons. The summed E-state index contributed by atoms with van der Waals surface area (Å²) < 4.78 is 38.3. The van der Waals surface area contributed by atoms with Crippen LogP contribution in [0.5, 0.6) is 11.5 Å². The number of sulfonamides is 1. The fourth-order valence-corrected chi connectivity index (χ4v) is 5.28. The van der Waals surface area contributed by atoms with E-state index in [-0.39, 0.29) is 30.7 Å². The zero-order valence-corrected chi connectivity index (χ0v) is 17.0. The molecule has 0 N–H and O–H groups in total. The zero-order valence-electron chi connectivity index (χ0n) is 16.2. The number of nitrogens with zero attached hydrogens (tertiary/aromatic N) is 2. The van der Waals surface area contributed by atoms with Crippen molar-refractivity contribution in [3.63, 3.8) is 0 Å². The van der Waals surface area contributed by atoms with Gasteiger partial charge in [0.15, 0.2) is 11.5 Å². The molecule has 3 aromatic carbocycles. The van der Waals surface area contributed by atoms with Gasteiger partial charge in [-0.25, -0.2) is 8.42 Å². The van der Waals surface area contributed by atoms with Gasteiger partial charge in [0.05, 0.1) is 4.90 Å². The van der Waals surface area contributed by atoms with Crippen LogP contribution in [0.4, 0.5) is 0 Å². The van der Waals surface area contributed by atoms with Crippen LogP contribution >= 0.6 is 0 Å². The molecule has 0 unspecified atom stereocenters. The molecule has 0 atom stereocenters. The molecule has 7 nitrogen and oxygen atoms in total. The first-order valence-corrected chi connectivity index (χ1v) is 11.1. The summed E-state index contributed by atoms with van der Waals surface area (Å²) in [5, 5.41) is 1.88. The van der Waals surface area contributed by atoms with Gasteiger partial charge in [-0.15, -0.1) is 0 Å². The quantitative estimate of drug-likeness (QED) is 0.646. The van der Waals surface area contributed by atoms with Crippen molar-refractivity contribution in [2.45, 2.75) is 4.90 Å². The Morgan fingerprint density at radius 2 is 1.53 bits per heavy atom. The first-order valence-electron chi connectivity index (χ1n) is 9.70. The van der Waals surface area contributed by atoms with Crippen molar-refractivity contribution in [2.24, 2.45) is 0 Å². The van der Waals surface area contributed by atoms with Gasteiger partial charge in [0.1, 0.15) is 0 Å². The lowest BCUT2D eigenvalue weighted by Gasteiger charge is -2.34. The van der Waals surface area contributed by atoms with Gasteiger partial charge in [0, 0.05) is 31.7 Å². The van der Waals surface area contributed by atoms with Crippen molar-refractivity contribution >= 4 is 26.7 Å². The van der Waals surface area contributed by atoms with Crippen LogP contribution in [0, 0.1) is 0 Å². The van der Waals surface area contributed by atoms with E-state index in [1.807, 2.05) is 30.3 Å². The first-order chi connectivity index (χ1) is 14.5. The number of rotatable bonds is 3. The summed E-state index contributed by atoms with van der Waals surface area (Å²) in [6.07, 6.45) is 0. The molecule has 0 aromatic heterocycles. The smallest absolute Gasteiger partial charge is 0.254 e. The highest BCUT2D eigenvalue weighted by atomic mass is 32.2. The highest BCUT2D eigenvalue weighted by Gasteiger charge is 2.31. The van der Waals surface area contributed by atoms with E-state index in [0.717, 1.165) is 10.8 Å². The van der Waals surface area contributed by atoms with E-state index in [1.165, 1.54) is 4.31 Å². The summed E-state index contributed by atoms with van der Waals surface area (Å²) in [4.78, 5) is 14.8. The Kier molecular flexibility index (Phi) is 4.60. The van der Waals surface area contributed by atoms with Crippen molar-refractivity contribution in [3.05, 3.63) is 66.2 Å². The molecular weight excluding hydrogens is 404 g/mol. The number of piperazine rings is 1. The Morgan fingerprint density at radius 1 is 0.800 bits per heavy atom. The molecular formula is C22H20N2O5S. The Hall–Kier alpha value is -3.10. The minimum absolute atomic E-state index is 0.143. The summed E-state index contributed by atoms with van der Waals surface area (Å²) in [5.74, 6) is 1.03. The van der Waals surface area contributed by atoms with E-state index >= 15 is 0 Å². The molecule has 1 saturated heterocycles. The standard InChI is InChI=1S/C22H20N2O5S/c25-22(18-6-8-20-21(14-18)29-15-28-20)23-9-11-24(12-10-23)30(26,27)19-7-5-16-3-1-2-4-17(16)13-19/h1-8,13-14H,9-12,15H2. The topological polar surface area (TPSA) is 76.2 Å². The summed E-state index contributed by atoms with van der Waals surface area (Å²) in [6, 6.07) is 17.9. The average molecular weight is 424 g/mol. The van der Waals surface area contributed by atoms with Crippen molar-refractivity contribution < 1.29 is 22.7 Å². The Labute approximate surface area is 174 Å². The Balaban J connectivity index is 1.30. The Morgan fingerprint density at radius 3 is 2.33 bits per heavy atom. The van der Waals surface area contributed by atoms with Gasteiger partial charge in [0.25, 0.3) is 5.91 Å². The van der Waals surface area contributed by atoms with Crippen LogP contribution in [-0.4, -0.2) is 56.5 Å². The number of amides is 1. The predicted molar refractivity (Wildman–Crippen MR) is 111 cm³/mol. The maximum atomic E-state index is 13.1. The van der Waals surface area contributed by atoms with Crippen LogP contribution in [0.25, 0.3) is 10.8 Å². The number of fused-ring (bicyclic) bond motifs is 2. The van der Waals surface area contributed by atoms with Crippen LogP contribution < -0.4 is 9.47 Å². The lowest BCUT2D eigenvalue weighted by atomic mass is 10.1. The molecule has 8 heteroatoms. The molecule has 2 heterocycles. The first kappa shape index (κ1) is 18.9. The molecule has 5 rings (SSSR count). The van der Waals surface area contributed by atoms with E-state index in [1.54, 1.807) is 35.2 Å². The number of hydrogen-bond donors (Lipinski definition) is 0. The van der Waals surface area contributed by atoms with Crippen molar-refractivity contribution in [2.75, 3.05) is 33.0 Å². The van der Waals surface area contributed by atoms with Crippen LogP contribution in [-0.2, 0) is 10.0 Å². The van der Waals surface area contributed by atoms with Crippen molar-refractivity contribution in [1.29, 1.82) is 0 Å². The molecule has 154 valence electrons. The van der Waals surface area contributed by atoms with Crippen LogP contribution in [0.3, 0.4) is 0 Å². The Bertz CT molecular complexity index is 1230. The lowest BCUT2D eigenvalue weighted by molar-refractivity contribution is 0.0697. The number of carbonyl (C=O) groups is 1. The third-order valence-corrected chi connectivity index (χ3v) is 7.40. The summed E-state index contributed by atoms with van der Waals surface area (Å²) in [6.45, 7) is 1.33. The van der Waals surface area contributed by atoms with Gasteiger partial charge in [-0.1, -0.05) is 30.3 Å². The molecule has 0 aliphatic carbocycles. The third-order valence-electron chi connectivity index (χ3n) is 5.50. The van der Waals surface area contributed by atoms with E-state index in [2.05, 4.69) is 0 Å². The normalized spacial score (nSPS) is 16.7. The van der Waals surface area contributed by atoms with Gasteiger partial charge < -0.3 is 14.4 Å². The monoisotopic (exact) mass is 424 g/mol. The van der Waals surface area contributed by atoms with Crippen LogP contribution in [0.15, 0.2) is 65.6 Å².